The van der Waals surface area contributed by atoms with Gasteiger partial charge >= 0.3 is 0 Å². The zero-order valence-corrected chi connectivity index (χ0v) is 17.9. The molecule has 1 N–H and O–H groups in total. The maximum absolute atomic E-state index is 12.9. The normalized spacial score (nSPS) is 17.5. The Bertz CT molecular complexity index is 1270. The Kier molecular flexibility index (Phi) is 4.57. The third-order valence-corrected chi connectivity index (χ3v) is 5.91. The van der Waals surface area contributed by atoms with Crippen LogP contribution in [0.1, 0.15) is 48.7 Å². The molecule has 5 rings (SSSR count). The fourth-order valence-corrected chi connectivity index (χ4v) is 4.46. The molecule has 0 aliphatic heterocycles. The molecule has 1 aromatic carbocycles. The second-order valence-electron chi connectivity index (χ2n) is 9.05. The van der Waals surface area contributed by atoms with Gasteiger partial charge in [-0.2, -0.15) is 15.2 Å². The summed E-state index contributed by atoms with van der Waals surface area (Å²) in [5.41, 5.74) is 5.36. The minimum absolute atomic E-state index is 0.0430. The number of fused-ring (bicyclic) bond motifs is 2. The summed E-state index contributed by atoms with van der Waals surface area (Å²) >= 11 is 0. The molecule has 0 fully saturated rings. The van der Waals surface area contributed by atoms with E-state index in [1.54, 1.807) is 16.9 Å². The number of carbonyl (C=O) groups excluding carboxylic acids is 1. The molecule has 1 atom stereocenters. The standard InChI is InChI=1S/C23H25N7O/c1-15-6-4-5-7-19(15)30-20-10-23(2,3)9-18(17(20)12-26-30)28-21(31)8-16-11-24-22-25-14-27-29(22)13-16/h4-7,11-14,18H,8-10H2,1-3H3,(H,28,31). The third kappa shape index (κ3) is 3.69. The predicted octanol–water partition coefficient (Wildman–Crippen LogP) is 2.99. The van der Waals surface area contributed by atoms with Crippen LogP contribution in [-0.4, -0.2) is 35.3 Å². The van der Waals surface area contributed by atoms with E-state index in [0.717, 1.165) is 29.7 Å². The molecule has 4 aromatic rings. The van der Waals surface area contributed by atoms with Crippen LogP contribution >= 0.6 is 0 Å². The molecule has 3 aromatic heterocycles. The average molecular weight is 416 g/mol. The van der Waals surface area contributed by atoms with Crippen molar-refractivity contribution in [2.24, 2.45) is 5.41 Å². The maximum atomic E-state index is 12.9. The highest BCUT2D eigenvalue weighted by Gasteiger charge is 2.36. The number of rotatable bonds is 4. The van der Waals surface area contributed by atoms with Gasteiger partial charge < -0.3 is 5.32 Å². The Morgan fingerprint density at radius 1 is 1.19 bits per heavy atom. The number of nitrogens with one attached hydrogen (secondary N) is 1. The van der Waals surface area contributed by atoms with Crippen molar-refractivity contribution in [2.45, 2.75) is 46.1 Å². The van der Waals surface area contributed by atoms with Gasteiger partial charge in [-0.3, -0.25) is 4.79 Å². The number of para-hydroxylation sites is 1. The number of carbonyl (C=O) groups is 1. The first kappa shape index (κ1) is 19.4. The van der Waals surface area contributed by atoms with E-state index in [-0.39, 0.29) is 23.8 Å². The molecule has 1 aliphatic carbocycles. The first-order valence-electron chi connectivity index (χ1n) is 10.5. The van der Waals surface area contributed by atoms with Crippen molar-refractivity contribution < 1.29 is 4.79 Å². The van der Waals surface area contributed by atoms with Crippen LogP contribution in [0.25, 0.3) is 11.5 Å². The molecule has 3 heterocycles. The van der Waals surface area contributed by atoms with Crippen molar-refractivity contribution >= 4 is 11.7 Å². The van der Waals surface area contributed by atoms with E-state index < -0.39 is 0 Å². The van der Waals surface area contributed by atoms with Gasteiger partial charge in [-0.25, -0.2) is 14.2 Å². The number of amides is 1. The summed E-state index contributed by atoms with van der Waals surface area (Å²) in [6.07, 6.45) is 8.84. The minimum atomic E-state index is -0.0768. The van der Waals surface area contributed by atoms with Gasteiger partial charge in [0.05, 0.1) is 30.0 Å². The molecular weight excluding hydrogens is 390 g/mol. The second kappa shape index (κ2) is 7.30. The number of aryl methyl sites for hydroxylation is 1. The van der Waals surface area contributed by atoms with Crippen LogP contribution < -0.4 is 5.32 Å². The molecule has 8 nitrogen and oxygen atoms in total. The zero-order valence-electron chi connectivity index (χ0n) is 17.9. The first-order valence-corrected chi connectivity index (χ1v) is 10.5. The summed E-state index contributed by atoms with van der Waals surface area (Å²) in [6, 6.07) is 8.17. The van der Waals surface area contributed by atoms with Crippen LogP contribution in [0.15, 0.2) is 49.2 Å². The minimum Gasteiger partial charge on any atom is -0.349 e. The van der Waals surface area contributed by atoms with E-state index in [1.807, 2.05) is 23.0 Å². The molecule has 1 amide bonds. The van der Waals surface area contributed by atoms with E-state index in [2.05, 4.69) is 53.3 Å². The number of benzene rings is 1. The number of hydrogen-bond donors (Lipinski definition) is 1. The molecule has 0 spiro atoms. The van der Waals surface area contributed by atoms with E-state index in [9.17, 15) is 4.79 Å². The topological polar surface area (TPSA) is 90.0 Å². The van der Waals surface area contributed by atoms with Gasteiger partial charge in [0.2, 0.25) is 5.91 Å². The summed E-state index contributed by atoms with van der Waals surface area (Å²) in [5.74, 6) is 0.477. The van der Waals surface area contributed by atoms with Gasteiger partial charge in [0, 0.05) is 18.0 Å². The maximum Gasteiger partial charge on any atom is 0.252 e. The van der Waals surface area contributed by atoms with Crippen LogP contribution in [0.4, 0.5) is 0 Å². The van der Waals surface area contributed by atoms with Crippen molar-refractivity contribution in [3.63, 3.8) is 0 Å². The lowest BCUT2D eigenvalue weighted by Gasteiger charge is -2.36. The van der Waals surface area contributed by atoms with E-state index in [0.29, 0.717) is 5.78 Å². The smallest absolute Gasteiger partial charge is 0.252 e. The highest BCUT2D eigenvalue weighted by Crippen LogP contribution is 2.41. The highest BCUT2D eigenvalue weighted by molar-refractivity contribution is 5.79. The molecule has 1 aliphatic rings. The van der Waals surface area contributed by atoms with E-state index >= 15 is 0 Å². The van der Waals surface area contributed by atoms with Crippen molar-refractivity contribution in [3.8, 4) is 5.69 Å². The Morgan fingerprint density at radius 3 is 2.87 bits per heavy atom. The number of aromatic nitrogens is 6. The van der Waals surface area contributed by atoms with Crippen LogP contribution in [0, 0.1) is 12.3 Å². The Balaban J connectivity index is 1.41. The fraction of sp³-hybridized carbons (Fsp3) is 0.348. The van der Waals surface area contributed by atoms with Gasteiger partial charge in [-0.05, 0) is 42.4 Å². The summed E-state index contributed by atoms with van der Waals surface area (Å²) in [6.45, 7) is 6.58. The summed E-state index contributed by atoms with van der Waals surface area (Å²) < 4.78 is 3.62. The SMILES string of the molecule is Cc1ccccc1-n1ncc2c1CC(C)(C)CC2NC(=O)Cc1cnc2ncnn2c1. The molecule has 158 valence electrons. The quantitative estimate of drug-likeness (QED) is 0.553. The molecule has 0 saturated heterocycles. The van der Waals surface area contributed by atoms with Crippen LogP contribution in [-0.2, 0) is 17.6 Å². The Hall–Kier alpha value is -3.55. The van der Waals surface area contributed by atoms with Gasteiger partial charge in [0.1, 0.15) is 6.33 Å². The lowest BCUT2D eigenvalue weighted by Crippen LogP contribution is -2.37. The monoisotopic (exact) mass is 415 g/mol. The largest absolute Gasteiger partial charge is 0.349 e. The molecule has 31 heavy (non-hydrogen) atoms. The van der Waals surface area contributed by atoms with Gasteiger partial charge in [0.15, 0.2) is 0 Å². The van der Waals surface area contributed by atoms with Crippen molar-refractivity contribution in [3.05, 3.63) is 71.6 Å². The van der Waals surface area contributed by atoms with E-state index in [1.165, 1.54) is 17.6 Å². The lowest BCUT2D eigenvalue weighted by molar-refractivity contribution is -0.121. The summed E-state index contributed by atoms with van der Waals surface area (Å²) in [5, 5.41) is 12.0. The fourth-order valence-electron chi connectivity index (χ4n) is 4.46. The Morgan fingerprint density at radius 2 is 2.03 bits per heavy atom. The van der Waals surface area contributed by atoms with Crippen LogP contribution in [0.2, 0.25) is 0 Å². The molecule has 1 unspecified atom stereocenters. The van der Waals surface area contributed by atoms with Crippen LogP contribution in [0.5, 0.6) is 0 Å². The average Bonchev–Trinajstić information content (AvgIpc) is 3.34. The van der Waals surface area contributed by atoms with Crippen molar-refractivity contribution in [1.82, 2.24) is 34.7 Å². The van der Waals surface area contributed by atoms with Crippen LogP contribution in [0.3, 0.4) is 0 Å². The van der Waals surface area contributed by atoms with Crippen molar-refractivity contribution in [1.29, 1.82) is 0 Å². The molecule has 0 radical (unpaired) electrons. The lowest BCUT2D eigenvalue weighted by atomic mass is 9.74. The zero-order chi connectivity index (χ0) is 21.6. The van der Waals surface area contributed by atoms with Gasteiger partial charge in [-0.15, -0.1) is 0 Å². The molecule has 8 heteroatoms. The number of nitrogens with zero attached hydrogens (tertiary/aromatic N) is 6. The highest BCUT2D eigenvalue weighted by atomic mass is 16.1. The van der Waals surface area contributed by atoms with Gasteiger partial charge in [0.25, 0.3) is 5.78 Å². The third-order valence-electron chi connectivity index (χ3n) is 5.91. The second-order valence-corrected chi connectivity index (χ2v) is 9.05. The number of hydrogen-bond acceptors (Lipinski definition) is 5. The van der Waals surface area contributed by atoms with Crippen molar-refractivity contribution in [2.75, 3.05) is 0 Å². The summed E-state index contributed by atoms with van der Waals surface area (Å²) in [7, 11) is 0. The predicted molar refractivity (Wildman–Crippen MR) is 116 cm³/mol. The molecule has 0 bridgehead atoms. The molecule has 0 saturated carbocycles. The Labute approximate surface area is 180 Å². The van der Waals surface area contributed by atoms with E-state index in [4.69, 9.17) is 5.10 Å². The summed E-state index contributed by atoms with van der Waals surface area (Å²) in [4.78, 5) is 21.2. The van der Waals surface area contributed by atoms with Gasteiger partial charge in [-0.1, -0.05) is 32.0 Å². The molecular formula is C23H25N7O. The first-order chi connectivity index (χ1) is 14.9.